The SMILES string of the molecule is CCCC1(CN(C)CCOCC)CCNC1. The van der Waals surface area contributed by atoms with Gasteiger partial charge >= 0.3 is 0 Å². The summed E-state index contributed by atoms with van der Waals surface area (Å²) in [6.07, 6.45) is 3.97. The minimum absolute atomic E-state index is 0.524. The first-order valence-electron chi connectivity index (χ1n) is 6.69. The quantitative estimate of drug-likeness (QED) is 0.640. The van der Waals surface area contributed by atoms with E-state index in [4.69, 9.17) is 4.74 Å². The standard InChI is InChI=1S/C13H28N2O/c1-4-6-13(7-8-14-11-13)12-15(3)9-10-16-5-2/h14H,4-12H2,1-3H3. The van der Waals surface area contributed by atoms with Crippen LogP contribution in [0.4, 0.5) is 0 Å². The van der Waals surface area contributed by atoms with Gasteiger partial charge in [-0.3, -0.25) is 0 Å². The van der Waals surface area contributed by atoms with Crippen molar-refractivity contribution in [2.45, 2.75) is 33.1 Å². The minimum atomic E-state index is 0.524. The Morgan fingerprint density at radius 1 is 1.38 bits per heavy atom. The van der Waals surface area contributed by atoms with E-state index >= 15 is 0 Å². The zero-order valence-corrected chi connectivity index (χ0v) is 11.2. The number of nitrogens with one attached hydrogen (secondary N) is 1. The van der Waals surface area contributed by atoms with Gasteiger partial charge in [0.2, 0.25) is 0 Å². The molecule has 0 bridgehead atoms. The maximum atomic E-state index is 5.40. The van der Waals surface area contributed by atoms with Gasteiger partial charge < -0.3 is 15.0 Å². The lowest BCUT2D eigenvalue weighted by Crippen LogP contribution is -2.38. The topological polar surface area (TPSA) is 24.5 Å². The summed E-state index contributed by atoms with van der Waals surface area (Å²) in [6.45, 7) is 10.7. The Morgan fingerprint density at radius 3 is 2.75 bits per heavy atom. The van der Waals surface area contributed by atoms with Gasteiger partial charge in [0.1, 0.15) is 0 Å². The van der Waals surface area contributed by atoms with Crippen molar-refractivity contribution >= 4 is 0 Å². The molecule has 3 nitrogen and oxygen atoms in total. The number of hydrogen-bond acceptors (Lipinski definition) is 3. The molecule has 1 heterocycles. The van der Waals surface area contributed by atoms with Gasteiger partial charge in [0.15, 0.2) is 0 Å². The average Bonchev–Trinajstić information content (AvgIpc) is 2.67. The summed E-state index contributed by atoms with van der Waals surface area (Å²) < 4.78 is 5.40. The van der Waals surface area contributed by atoms with Crippen LogP contribution in [0.2, 0.25) is 0 Å². The molecule has 1 saturated heterocycles. The van der Waals surface area contributed by atoms with Crippen LogP contribution in [0.25, 0.3) is 0 Å². The van der Waals surface area contributed by atoms with Crippen LogP contribution in [0, 0.1) is 5.41 Å². The fraction of sp³-hybridized carbons (Fsp3) is 1.00. The molecular formula is C13H28N2O. The molecule has 0 aromatic rings. The third kappa shape index (κ3) is 4.40. The maximum Gasteiger partial charge on any atom is 0.0593 e. The van der Waals surface area contributed by atoms with Crippen molar-refractivity contribution in [3.63, 3.8) is 0 Å². The molecule has 1 aliphatic rings. The average molecular weight is 228 g/mol. The van der Waals surface area contributed by atoms with Crippen LogP contribution in [-0.2, 0) is 4.74 Å². The lowest BCUT2D eigenvalue weighted by Gasteiger charge is -2.32. The van der Waals surface area contributed by atoms with Crippen LogP contribution >= 0.6 is 0 Å². The van der Waals surface area contributed by atoms with Crippen molar-refractivity contribution in [2.24, 2.45) is 5.41 Å². The second kappa shape index (κ2) is 7.25. The minimum Gasteiger partial charge on any atom is -0.380 e. The molecule has 0 aromatic carbocycles. The molecule has 96 valence electrons. The molecule has 0 radical (unpaired) electrons. The summed E-state index contributed by atoms with van der Waals surface area (Å²) in [5, 5.41) is 3.51. The van der Waals surface area contributed by atoms with Crippen molar-refractivity contribution in [3.05, 3.63) is 0 Å². The molecule has 1 atom stereocenters. The Labute approximate surface area is 101 Å². The Hall–Kier alpha value is -0.120. The van der Waals surface area contributed by atoms with Crippen LogP contribution in [-0.4, -0.2) is 51.3 Å². The van der Waals surface area contributed by atoms with Gasteiger partial charge in [-0.1, -0.05) is 13.3 Å². The van der Waals surface area contributed by atoms with E-state index in [-0.39, 0.29) is 0 Å². The second-order valence-corrected chi connectivity index (χ2v) is 5.11. The molecule has 1 rings (SSSR count). The molecule has 1 aliphatic heterocycles. The molecule has 1 unspecified atom stereocenters. The molecule has 0 aromatic heterocycles. The van der Waals surface area contributed by atoms with Crippen LogP contribution in [0.15, 0.2) is 0 Å². The monoisotopic (exact) mass is 228 g/mol. The highest BCUT2D eigenvalue weighted by molar-refractivity contribution is 4.89. The molecule has 1 fully saturated rings. The molecule has 3 heteroatoms. The number of likely N-dealkylation sites (N-methyl/N-ethyl adjacent to an activating group) is 1. The van der Waals surface area contributed by atoms with E-state index in [9.17, 15) is 0 Å². The summed E-state index contributed by atoms with van der Waals surface area (Å²) in [5.74, 6) is 0. The summed E-state index contributed by atoms with van der Waals surface area (Å²) in [4.78, 5) is 2.43. The molecule has 1 N–H and O–H groups in total. The van der Waals surface area contributed by atoms with Gasteiger partial charge in [-0.25, -0.2) is 0 Å². The third-order valence-corrected chi connectivity index (χ3v) is 3.54. The van der Waals surface area contributed by atoms with Crippen LogP contribution in [0.5, 0.6) is 0 Å². The predicted octanol–water partition coefficient (Wildman–Crippen LogP) is 1.73. The Morgan fingerprint density at radius 2 is 2.19 bits per heavy atom. The van der Waals surface area contributed by atoms with E-state index in [0.29, 0.717) is 5.41 Å². The smallest absolute Gasteiger partial charge is 0.0593 e. The summed E-state index contributed by atoms with van der Waals surface area (Å²) in [7, 11) is 2.22. The fourth-order valence-electron chi connectivity index (χ4n) is 2.77. The Bertz CT molecular complexity index is 179. The highest BCUT2D eigenvalue weighted by Gasteiger charge is 2.33. The van der Waals surface area contributed by atoms with Gasteiger partial charge in [0.05, 0.1) is 6.61 Å². The summed E-state index contributed by atoms with van der Waals surface area (Å²) >= 11 is 0. The van der Waals surface area contributed by atoms with E-state index in [1.54, 1.807) is 0 Å². The number of ether oxygens (including phenoxy) is 1. The molecule has 0 saturated carbocycles. The van der Waals surface area contributed by atoms with E-state index < -0.39 is 0 Å². The summed E-state index contributed by atoms with van der Waals surface area (Å²) in [5.41, 5.74) is 0.524. The molecular weight excluding hydrogens is 200 g/mol. The van der Waals surface area contributed by atoms with Gasteiger partial charge in [-0.05, 0) is 38.8 Å². The Balaban J connectivity index is 2.30. The second-order valence-electron chi connectivity index (χ2n) is 5.11. The van der Waals surface area contributed by atoms with Crippen molar-refractivity contribution in [1.82, 2.24) is 10.2 Å². The molecule has 0 amide bonds. The van der Waals surface area contributed by atoms with Crippen molar-refractivity contribution in [2.75, 3.05) is 46.4 Å². The Kier molecular flexibility index (Phi) is 6.32. The van der Waals surface area contributed by atoms with Crippen LogP contribution in [0.1, 0.15) is 33.1 Å². The zero-order valence-electron chi connectivity index (χ0n) is 11.2. The van der Waals surface area contributed by atoms with E-state index in [0.717, 1.165) is 19.8 Å². The van der Waals surface area contributed by atoms with Gasteiger partial charge in [-0.2, -0.15) is 0 Å². The van der Waals surface area contributed by atoms with Gasteiger partial charge in [0, 0.05) is 26.2 Å². The highest BCUT2D eigenvalue weighted by atomic mass is 16.5. The number of rotatable bonds is 8. The molecule has 16 heavy (non-hydrogen) atoms. The van der Waals surface area contributed by atoms with Gasteiger partial charge in [-0.15, -0.1) is 0 Å². The van der Waals surface area contributed by atoms with E-state index in [1.165, 1.54) is 38.9 Å². The van der Waals surface area contributed by atoms with Gasteiger partial charge in [0.25, 0.3) is 0 Å². The van der Waals surface area contributed by atoms with Crippen LogP contribution in [0.3, 0.4) is 0 Å². The molecule has 0 spiro atoms. The van der Waals surface area contributed by atoms with Crippen LogP contribution < -0.4 is 5.32 Å². The third-order valence-electron chi connectivity index (χ3n) is 3.54. The fourth-order valence-corrected chi connectivity index (χ4v) is 2.77. The lowest BCUT2D eigenvalue weighted by atomic mass is 9.82. The zero-order chi connectivity index (χ0) is 11.9. The first kappa shape index (κ1) is 13.9. The predicted molar refractivity (Wildman–Crippen MR) is 68.8 cm³/mol. The lowest BCUT2D eigenvalue weighted by molar-refractivity contribution is 0.101. The van der Waals surface area contributed by atoms with Crippen molar-refractivity contribution in [3.8, 4) is 0 Å². The van der Waals surface area contributed by atoms with Crippen molar-refractivity contribution in [1.29, 1.82) is 0 Å². The van der Waals surface area contributed by atoms with E-state index in [1.807, 2.05) is 0 Å². The number of hydrogen-bond donors (Lipinski definition) is 1. The largest absolute Gasteiger partial charge is 0.380 e. The highest BCUT2D eigenvalue weighted by Crippen LogP contribution is 2.31. The number of nitrogens with zero attached hydrogens (tertiary/aromatic N) is 1. The molecule has 0 aliphatic carbocycles. The first-order chi connectivity index (χ1) is 7.72. The maximum absolute atomic E-state index is 5.40. The normalized spacial score (nSPS) is 25.5. The van der Waals surface area contributed by atoms with E-state index in [2.05, 4.69) is 31.1 Å². The first-order valence-corrected chi connectivity index (χ1v) is 6.69. The van der Waals surface area contributed by atoms with Crippen molar-refractivity contribution < 1.29 is 4.74 Å². The summed E-state index contributed by atoms with van der Waals surface area (Å²) in [6, 6.07) is 0.